The number of carboxylic acids is 1. The molecule has 1 rings (SSSR count). The van der Waals surface area contributed by atoms with Crippen LogP contribution in [-0.4, -0.2) is 65.7 Å². The zero-order valence-corrected chi connectivity index (χ0v) is 10.6. The summed E-state index contributed by atoms with van der Waals surface area (Å²) in [4.78, 5) is 36.9. The first-order chi connectivity index (χ1) is 8.51. The number of carboxylic acid groups (broad SMARTS) is 1. The number of urea groups is 1. The Morgan fingerprint density at radius 2 is 2.11 bits per heavy atom. The fraction of sp³-hybridized carbons (Fsp3) is 0.727. The van der Waals surface area contributed by atoms with Crippen LogP contribution in [-0.2, 0) is 14.3 Å². The van der Waals surface area contributed by atoms with Gasteiger partial charge < -0.3 is 19.6 Å². The van der Waals surface area contributed by atoms with Gasteiger partial charge in [-0.25, -0.2) is 9.59 Å². The molecule has 1 atom stereocenters. The van der Waals surface area contributed by atoms with E-state index in [1.54, 1.807) is 6.92 Å². The van der Waals surface area contributed by atoms with Crippen LogP contribution >= 0.6 is 0 Å². The van der Waals surface area contributed by atoms with E-state index in [2.05, 4.69) is 4.74 Å². The summed E-state index contributed by atoms with van der Waals surface area (Å²) < 4.78 is 4.50. The maximum absolute atomic E-state index is 12.1. The summed E-state index contributed by atoms with van der Waals surface area (Å²) in [6, 6.07) is -1.21. The normalized spacial score (nSPS) is 18.6. The number of ether oxygens (including phenoxy) is 1. The summed E-state index contributed by atoms with van der Waals surface area (Å²) in [7, 11) is 1.25. The summed E-state index contributed by atoms with van der Waals surface area (Å²) in [5.41, 5.74) is 0. The van der Waals surface area contributed by atoms with Crippen molar-refractivity contribution < 1.29 is 24.2 Å². The minimum absolute atomic E-state index is 0.158. The summed E-state index contributed by atoms with van der Waals surface area (Å²) in [6.07, 6.45) is 1.12. The van der Waals surface area contributed by atoms with Crippen LogP contribution in [0.25, 0.3) is 0 Å². The lowest BCUT2D eigenvalue weighted by molar-refractivity contribution is -0.141. The van der Waals surface area contributed by atoms with E-state index in [1.807, 2.05) is 0 Å². The van der Waals surface area contributed by atoms with Gasteiger partial charge >= 0.3 is 18.0 Å². The highest BCUT2D eigenvalue weighted by Gasteiger charge is 2.36. The molecule has 0 spiro atoms. The van der Waals surface area contributed by atoms with Gasteiger partial charge in [-0.05, 0) is 19.8 Å². The third kappa shape index (κ3) is 3.12. The summed E-state index contributed by atoms with van der Waals surface area (Å²) in [6.45, 7) is 2.31. The fourth-order valence-electron chi connectivity index (χ4n) is 1.97. The van der Waals surface area contributed by atoms with E-state index in [4.69, 9.17) is 5.11 Å². The Bertz CT molecular complexity index is 344. The molecule has 18 heavy (non-hydrogen) atoms. The number of nitrogens with zero attached hydrogens (tertiary/aromatic N) is 2. The van der Waals surface area contributed by atoms with Crippen LogP contribution in [0.4, 0.5) is 4.79 Å². The first kappa shape index (κ1) is 14.3. The second-order valence-corrected chi connectivity index (χ2v) is 4.06. The van der Waals surface area contributed by atoms with Crippen LogP contribution < -0.4 is 0 Å². The number of aliphatic carboxylic acids is 1. The van der Waals surface area contributed by atoms with Gasteiger partial charge in [0.25, 0.3) is 0 Å². The highest BCUT2D eigenvalue weighted by Crippen LogP contribution is 2.19. The number of likely N-dealkylation sites (N-methyl/N-ethyl adjacent to an activating group) is 1. The summed E-state index contributed by atoms with van der Waals surface area (Å²) in [5.74, 6) is -1.52. The van der Waals surface area contributed by atoms with Crippen molar-refractivity contribution in [2.45, 2.75) is 25.8 Å². The number of amides is 2. The predicted molar refractivity (Wildman–Crippen MR) is 62.0 cm³/mol. The largest absolute Gasteiger partial charge is 0.480 e. The van der Waals surface area contributed by atoms with Crippen LogP contribution in [0.15, 0.2) is 0 Å². The highest BCUT2D eigenvalue weighted by atomic mass is 16.5. The lowest BCUT2D eigenvalue weighted by Gasteiger charge is -2.28. The van der Waals surface area contributed by atoms with Crippen molar-refractivity contribution >= 4 is 18.0 Å². The maximum atomic E-state index is 12.1. The molecular formula is C11H18N2O5. The number of likely N-dealkylation sites (tertiary alicyclic amines) is 1. The second-order valence-electron chi connectivity index (χ2n) is 4.06. The van der Waals surface area contributed by atoms with Crippen LogP contribution in [0.3, 0.4) is 0 Å². The Morgan fingerprint density at radius 3 is 2.61 bits per heavy atom. The molecule has 1 N–H and O–H groups in total. The summed E-state index contributed by atoms with van der Waals surface area (Å²) >= 11 is 0. The molecule has 0 aromatic carbocycles. The van der Waals surface area contributed by atoms with Crippen molar-refractivity contribution in [2.75, 3.05) is 26.7 Å². The number of rotatable bonds is 4. The zero-order valence-electron chi connectivity index (χ0n) is 10.6. The molecule has 1 fully saturated rings. The second kappa shape index (κ2) is 6.23. The molecule has 0 radical (unpaired) electrons. The van der Waals surface area contributed by atoms with Gasteiger partial charge in [0.2, 0.25) is 0 Å². The third-order valence-corrected chi connectivity index (χ3v) is 2.98. The van der Waals surface area contributed by atoms with E-state index in [0.29, 0.717) is 25.9 Å². The minimum atomic E-state index is -1.00. The Hall–Kier alpha value is -1.79. The molecule has 1 aliphatic rings. The SMILES string of the molecule is CCN(CC(=O)OC)C(=O)N1CCC[C@@H]1C(=O)O. The molecule has 0 aliphatic carbocycles. The highest BCUT2D eigenvalue weighted by molar-refractivity contribution is 5.85. The van der Waals surface area contributed by atoms with E-state index in [-0.39, 0.29) is 6.54 Å². The molecule has 1 heterocycles. The van der Waals surface area contributed by atoms with Gasteiger partial charge in [0.1, 0.15) is 12.6 Å². The summed E-state index contributed by atoms with van der Waals surface area (Å²) in [5, 5.41) is 9.01. The Morgan fingerprint density at radius 1 is 1.44 bits per heavy atom. The molecule has 0 aromatic rings. The van der Waals surface area contributed by atoms with Gasteiger partial charge in [-0.2, -0.15) is 0 Å². The molecule has 2 amide bonds. The maximum Gasteiger partial charge on any atom is 0.326 e. The molecule has 7 heteroatoms. The van der Waals surface area contributed by atoms with Gasteiger partial charge in [0.15, 0.2) is 0 Å². The quantitative estimate of drug-likeness (QED) is 0.725. The van der Waals surface area contributed by atoms with Crippen molar-refractivity contribution in [2.24, 2.45) is 0 Å². The lowest BCUT2D eigenvalue weighted by Crippen LogP contribution is -2.49. The van der Waals surface area contributed by atoms with E-state index in [1.165, 1.54) is 16.9 Å². The van der Waals surface area contributed by atoms with Crippen LogP contribution in [0, 0.1) is 0 Å². The van der Waals surface area contributed by atoms with Crippen molar-refractivity contribution in [3.63, 3.8) is 0 Å². The van der Waals surface area contributed by atoms with Crippen LogP contribution in [0.2, 0.25) is 0 Å². The first-order valence-corrected chi connectivity index (χ1v) is 5.86. The number of hydrogen-bond acceptors (Lipinski definition) is 4. The first-order valence-electron chi connectivity index (χ1n) is 5.86. The van der Waals surface area contributed by atoms with Crippen molar-refractivity contribution in [1.29, 1.82) is 0 Å². The topological polar surface area (TPSA) is 87.2 Å². The lowest BCUT2D eigenvalue weighted by atomic mass is 10.2. The molecule has 0 saturated carbocycles. The molecule has 0 unspecified atom stereocenters. The van der Waals surface area contributed by atoms with E-state index < -0.39 is 24.0 Å². The average Bonchev–Trinajstić information content (AvgIpc) is 2.83. The van der Waals surface area contributed by atoms with Crippen molar-refractivity contribution in [3.05, 3.63) is 0 Å². The fourth-order valence-corrected chi connectivity index (χ4v) is 1.97. The number of hydrogen-bond donors (Lipinski definition) is 1. The van der Waals surface area contributed by atoms with Crippen molar-refractivity contribution in [3.8, 4) is 0 Å². The van der Waals surface area contributed by atoms with E-state index in [0.717, 1.165) is 0 Å². The van der Waals surface area contributed by atoms with Gasteiger partial charge in [-0.15, -0.1) is 0 Å². The van der Waals surface area contributed by atoms with Gasteiger partial charge in [0.05, 0.1) is 7.11 Å². The Balaban J connectivity index is 2.71. The smallest absolute Gasteiger partial charge is 0.326 e. The van der Waals surface area contributed by atoms with Crippen molar-refractivity contribution in [1.82, 2.24) is 9.80 Å². The zero-order chi connectivity index (χ0) is 13.7. The molecule has 102 valence electrons. The molecule has 1 aliphatic heterocycles. The van der Waals surface area contributed by atoms with E-state index >= 15 is 0 Å². The van der Waals surface area contributed by atoms with Gasteiger partial charge in [-0.3, -0.25) is 4.79 Å². The Labute approximate surface area is 105 Å². The molecule has 0 bridgehead atoms. The van der Waals surface area contributed by atoms with E-state index in [9.17, 15) is 14.4 Å². The van der Waals surface area contributed by atoms with Gasteiger partial charge in [-0.1, -0.05) is 0 Å². The molecule has 1 saturated heterocycles. The van der Waals surface area contributed by atoms with Crippen LogP contribution in [0.1, 0.15) is 19.8 Å². The van der Waals surface area contributed by atoms with Gasteiger partial charge in [0, 0.05) is 13.1 Å². The average molecular weight is 258 g/mol. The standard InChI is InChI=1S/C11H18N2O5/c1-3-12(7-9(14)18-2)11(17)13-6-4-5-8(13)10(15)16/h8H,3-7H2,1-2H3,(H,15,16)/t8-/m1/s1. The minimum Gasteiger partial charge on any atom is -0.480 e. The molecule has 0 aromatic heterocycles. The monoisotopic (exact) mass is 258 g/mol. The molecule has 7 nitrogen and oxygen atoms in total. The third-order valence-electron chi connectivity index (χ3n) is 2.98. The predicted octanol–water partition coefficient (Wildman–Crippen LogP) is 0.150. The number of methoxy groups -OCH3 is 1. The number of carbonyl (C=O) groups excluding carboxylic acids is 2. The number of esters is 1. The Kier molecular flexibility index (Phi) is 4.94. The molecular weight excluding hydrogens is 240 g/mol. The number of carbonyl (C=O) groups is 3. The van der Waals surface area contributed by atoms with Crippen LogP contribution in [0.5, 0.6) is 0 Å².